The van der Waals surface area contributed by atoms with E-state index in [1.54, 1.807) is 23.0 Å². The van der Waals surface area contributed by atoms with Crippen LogP contribution in [0.5, 0.6) is 5.75 Å². The number of hydrogen-bond donors (Lipinski definition) is 2. The predicted molar refractivity (Wildman–Crippen MR) is 128 cm³/mol. The highest BCUT2D eigenvalue weighted by Gasteiger charge is 2.18. The normalized spacial score (nSPS) is 11.0. The summed E-state index contributed by atoms with van der Waals surface area (Å²) in [6.07, 6.45) is 3.06. The van der Waals surface area contributed by atoms with E-state index in [-0.39, 0.29) is 5.75 Å². The minimum atomic E-state index is -0.411. The van der Waals surface area contributed by atoms with Crippen molar-refractivity contribution in [3.8, 4) is 22.7 Å². The number of nitrogens with zero attached hydrogens (tertiary/aromatic N) is 3. The van der Waals surface area contributed by atoms with Crippen molar-refractivity contribution in [3.05, 3.63) is 99.1 Å². The van der Waals surface area contributed by atoms with Gasteiger partial charge in [-0.15, -0.1) is 0 Å². The number of carbonyl (C=O) groups excluding carboxylic acids is 1. The summed E-state index contributed by atoms with van der Waals surface area (Å²) in [6, 6.07) is 22.5. The molecule has 4 aromatic rings. The lowest BCUT2D eigenvalue weighted by Crippen LogP contribution is -2.18. The fourth-order valence-electron chi connectivity index (χ4n) is 2.97. The molecular weight excluding hydrogens is 524 g/mol. The Morgan fingerprint density at radius 2 is 1.71 bits per heavy atom. The molecule has 0 spiro atoms. The second kappa shape index (κ2) is 9.28. The average molecular weight is 540 g/mol. The summed E-state index contributed by atoms with van der Waals surface area (Å²) in [6.45, 7) is 0. The maximum Gasteiger partial charge on any atom is 0.275 e. The predicted octanol–water partition coefficient (Wildman–Crippen LogP) is 5.53. The summed E-state index contributed by atoms with van der Waals surface area (Å²) >= 11 is 6.64. The van der Waals surface area contributed by atoms with Crippen molar-refractivity contribution in [1.82, 2.24) is 15.2 Å². The molecule has 3 aromatic carbocycles. The number of para-hydroxylation sites is 1. The van der Waals surface area contributed by atoms with Crippen molar-refractivity contribution in [1.29, 1.82) is 0 Å². The van der Waals surface area contributed by atoms with Gasteiger partial charge in [0.2, 0.25) is 0 Å². The summed E-state index contributed by atoms with van der Waals surface area (Å²) in [5, 5.41) is 18.8. The number of amides is 1. The Morgan fingerprint density at radius 3 is 2.42 bits per heavy atom. The summed E-state index contributed by atoms with van der Waals surface area (Å²) in [4.78, 5) is 12.9. The molecule has 154 valence electrons. The van der Waals surface area contributed by atoms with E-state index in [2.05, 4.69) is 47.5 Å². The lowest BCUT2D eigenvalue weighted by molar-refractivity contribution is 0.0955. The third kappa shape index (κ3) is 4.76. The third-order valence-corrected chi connectivity index (χ3v) is 5.52. The SMILES string of the molecule is O=C(N/N=C\c1cc(Br)cc(Br)c1O)c1cn(-c2ccccc2)nc1-c1ccccc1. The molecule has 0 aliphatic heterocycles. The number of nitrogens with one attached hydrogen (secondary N) is 1. The number of halogens is 2. The van der Waals surface area contributed by atoms with Crippen LogP contribution in [-0.2, 0) is 0 Å². The van der Waals surface area contributed by atoms with Crippen molar-refractivity contribution in [3.63, 3.8) is 0 Å². The Balaban J connectivity index is 1.65. The van der Waals surface area contributed by atoms with Gasteiger partial charge in [-0.25, -0.2) is 10.1 Å². The summed E-state index contributed by atoms with van der Waals surface area (Å²) in [5.41, 5.74) is 5.56. The molecule has 8 heteroatoms. The summed E-state index contributed by atoms with van der Waals surface area (Å²) in [5.74, 6) is -0.381. The van der Waals surface area contributed by atoms with Crippen LogP contribution in [0.3, 0.4) is 0 Å². The highest BCUT2D eigenvalue weighted by atomic mass is 79.9. The van der Waals surface area contributed by atoms with E-state index in [1.807, 2.05) is 60.7 Å². The molecule has 0 saturated heterocycles. The lowest BCUT2D eigenvalue weighted by atomic mass is 10.1. The zero-order valence-corrected chi connectivity index (χ0v) is 19.2. The van der Waals surface area contributed by atoms with Gasteiger partial charge < -0.3 is 5.11 Å². The quantitative estimate of drug-likeness (QED) is 0.258. The smallest absolute Gasteiger partial charge is 0.275 e. The van der Waals surface area contributed by atoms with Crippen molar-refractivity contribution >= 4 is 44.0 Å². The molecule has 2 N–H and O–H groups in total. The number of rotatable bonds is 5. The van der Waals surface area contributed by atoms with Crippen LogP contribution in [0, 0.1) is 0 Å². The number of phenols is 1. The minimum absolute atomic E-state index is 0.0306. The van der Waals surface area contributed by atoms with Gasteiger partial charge >= 0.3 is 0 Å². The van der Waals surface area contributed by atoms with E-state index in [4.69, 9.17) is 0 Å². The van der Waals surface area contributed by atoms with E-state index in [1.165, 1.54) is 6.21 Å². The highest BCUT2D eigenvalue weighted by molar-refractivity contribution is 9.11. The molecule has 1 aromatic heterocycles. The molecule has 4 rings (SSSR count). The Morgan fingerprint density at radius 1 is 1.03 bits per heavy atom. The number of aromatic nitrogens is 2. The zero-order chi connectivity index (χ0) is 21.8. The topological polar surface area (TPSA) is 79.5 Å². The van der Waals surface area contributed by atoms with Crippen molar-refractivity contribution in [2.24, 2.45) is 5.10 Å². The van der Waals surface area contributed by atoms with Gasteiger partial charge in [0.05, 0.1) is 21.9 Å². The molecule has 1 amide bonds. The fraction of sp³-hybridized carbons (Fsp3) is 0. The first-order valence-electron chi connectivity index (χ1n) is 9.25. The van der Waals surface area contributed by atoms with E-state index in [9.17, 15) is 9.90 Å². The summed E-state index contributed by atoms with van der Waals surface area (Å²) < 4.78 is 2.95. The molecule has 0 atom stereocenters. The van der Waals surface area contributed by atoms with Crippen molar-refractivity contribution < 1.29 is 9.90 Å². The number of phenolic OH excluding ortho intramolecular Hbond substituents is 1. The fourth-order valence-corrected chi connectivity index (χ4v) is 4.23. The van der Waals surface area contributed by atoms with Crippen LogP contribution in [0.4, 0.5) is 0 Å². The number of benzene rings is 3. The maximum atomic E-state index is 12.9. The van der Waals surface area contributed by atoms with Gasteiger partial charge in [-0.3, -0.25) is 4.79 Å². The van der Waals surface area contributed by atoms with Crippen LogP contribution < -0.4 is 5.43 Å². The maximum absolute atomic E-state index is 12.9. The van der Waals surface area contributed by atoms with Gasteiger partial charge in [-0.1, -0.05) is 64.5 Å². The molecule has 0 fully saturated rings. The molecule has 0 unspecified atom stereocenters. The van der Waals surface area contributed by atoms with Crippen molar-refractivity contribution in [2.45, 2.75) is 0 Å². The van der Waals surface area contributed by atoms with E-state index in [0.717, 1.165) is 15.7 Å². The zero-order valence-electron chi connectivity index (χ0n) is 16.0. The standard InChI is InChI=1S/C23H16Br2N4O2/c24-17-11-16(22(30)20(25)12-17)13-26-27-23(31)19-14-29(18-9-5-2-6-10-18)28-21(19)15-7-3-1-4-8-15/h1-14,30H,(H,27,31)/b26-13-. The molecule has 1 heterocycles. The molecule has 0 radical (unpaired) electrons. The van der Waals surface area contributed by atoms with Gasteiger partial charge in [-0.05, 0) is 40.2 Å². The summed E-state index contributed by atoms with van der Waals surface area (Å²) in [7, 11) is 0. The number of hydrazone groups is 1. The number of carbonyl (C=O) groups is 1. The Hall–Kier alpha value is -3.23. The third-order valence-electron chi connectivity index (χ3n) is 4.45. The van der Waals surface area contributed by atoms with Gasteiger partial charge in [0.15, 0.2) is 0 Å². The molecule has 0 aliphatic rings. The van der Waals surface area contributed by atoms with Gasteiger partial charge in [0, 0.05) is 21.8 Å². The first-order valence-corrected chi connectivity index (χ1v) is 10.8. The van der Waals surface area contributed by atoms with Crippen LogP contribution in [0.1, 0.15) is 15.9 Å². The minimum Gasteiger partial charge on any atom is -0.506 e. The molecule has 0 aliphatic carbocycles. The van der Waals surface area contributed by atoms with Gasteiger partial charge in [0.25, 0.3) is 5.91 Å². The van der Waals surface area contributed by atoms with Crippen LogP contribution in [0.2, 0.25) is 0 Å². The first kappa shape index (κ1) is 21.0. The lowest BCUT2D eigenvalue weighted by Gasteiger charge is -2.03. The Labute approximate surface area is 195 Å². The van der Waals surface area contributed by atoms with E-state index < -0.39 is 5.91 Å². The highest BCUT2D eigenvalue weighted by Crippen LogP contribution is 2.30. The second-order valence-corrected chi connectivity index (χ2v) is 8.33. The number of aromatic hydroxyl groups is 1. The second-order valence-electron chi connectivity index (χ2n) is 6.56. The van der Waals surface area contributed by atoms with Crippen LogP contribution in [0.25, 0.3) is 16.9 Å². The first-order chi connectivity index (χ1) is 15.0. The van der Waals surface area contributed by atoms with Crippen LogP contribution >= 0.6 is 31.9 Å². The molecule has 31 heavy (non-hydrogen) atoms. The van der Waals surface area contributed by atoms with Crippen LogP contribution in [0.15, 0.2) is 93.0 Å². The van der Waals surface area contributed by atoms with Crippen LogP contribution in [-0.4, -0.2) is 27.0 Å². The van der Waals surface area contributed by atoms with Gasteiger partial charge in [0.1, 0.15) is 11.4 Å². The average Bonchev–Trinajstić information content (AvgIpc) is 3.24. The molecule has 0 bridgehead atoms. The Bertz CT molecular complexity index is 1260. The van der Waals surface area contributed by atoms with E-state index >= 15 is 0 Å². The Kier molecular flexibility index (Phi) is 6.29. The van der Waals surface area contributed by atoms with E-state index in [0.29, 0.717) is 21.3 Å². The largest absolute Gasteiger partial charge is 0.506 e. The molecular formula is C23H16Br2N4O2. The molecule has 0 saturated carbocycles. The van der Waals surface area contributed by atoms with Crippen molar-refractivity contribution in [2.75, 3.05) is 0 Å². The van der Waals surface area contributed by atoms with Gasteiger partial charge in [-0.2, -0.15) is 10.2 Å². The molecule has 6 nitrogen and oxygen atoms in total. The monoisotopic (exact) mass is 538 g/mol. The number of hydrogen-bond acceptors (Lipinski definition) is 4.